The molecule has 0 fully saturated rings. The minimum absolute atomic E-state index is 0.0601. The van der Waals surface area contributed by atoms with Crippen LogP contribution in [0.25, 0.3) is 6.08 Å². The van der Waals surface area contributed by atoms with Gasteiger partial charge in [-0.3, -0.25) is 0 Å². The third-order valence-corrected chi connectivity index (χ3v) is 2.27. The Hall–Kier alpha value is -1.82. The highest BCUT2D eigenvalue weighted by Gasteiger charge is 2.41. The molecule has 1 aromatic rings. The maximum Gasteiger partial charge on any atom is 0.340 e. The summed E-state index contributed by atoms with van der Waals surface area (Å²) in [5, 5.41) is 8.51. The van der Waals surface area contributed by atoms with Crippen molar-refractivity contribution in [3.63, 3.8) is 0 Å². The van der Waals surface area contributed by atoms with Crippen molar-refractivity contribution >= 4 is 6.08 Å². The molecule has 0 aliphatic heterocycles. The molecule has 0 aliphatic rings. The van der Waals surface area contributed by atoms with Crippen molar-refractivity contribution in [2.45, 2.75) is 12.3 Å². The highest BCUT2D eigenvalue weighted by Crippen LogP contribution is 2.24. The molecular formula is C14H14F4O2. The Bertz CT molecular complexity index is 453. The van der Waals surface area contributed by atoms with E-state index in [1.54, 1.807) is 36.4 Å². The molecule has 0 aliphatic carbocycles. The van der Waals surface area contributed by atoms with E-state index in [4.69, 9.17) is 5.11 Å². The predicted molar refractivity (Wildman–Crippen MR) is 68.1 cm³/mol. The summed E-state index contributed by atoms with van der Waals surface area (Å²) in [4.78, 5) is 0. The molecule has 0 radical (unpaired) electrons. The molecule has 6 heteroatoms. The maximum absolute atomic E-state index is 12.6. The molecule has 0 aromatic heterocycles. The van der Waals surface area contributed by atoms with Gasteiger partial charge in [-0.15, -0.1) is 0 Å². The molecular weight excluding hydrogens is 276 g/mol. The smallest absolute Gasteiger partial charge is 0.340 e. The van der Waals surface area contributed by atoms with Crippen LogP contribution >= 0.6 is 0 Å². The Balaban J connectivity index is 2.55. The van der Waals surface area contributed by atoms with Gasteiger partial charge in [-0.05, 0) is 17.7 Å². The van der Waals surface area contributed by atoms with Crippen LogP contribution in [0.4, 0.5) is 17.6 Å². The zero-order chi connectivity index (χ0) is 15.0. The first kappa shape index (κ1) is 16.2. The number of halogens is 4. The fourth-order valence-electron chi connectivity index (χ4n) is 1.22. The van der Waals surface area contributed by atoms with Crippen molar-refractivity contribution in [3.8, 4) is 5.75 Å². The lowest BCUT2D eigenvalue weighted by Crippen LogP contribution is -2.33. The minimum Gasteiger partial charge on any atom is -0.487 e. The van der Waals surface area contributed by atoms with Gasteiger partial charge in [0.25, 0.3) is 0 Å². The summed E-state index contributed by atoms with van der Waals surface area (Å²) in [5.41, 5.74) is 0.778. The molecule has 0 atom stereocenters. The standard InChI is InChI=1S/C14H14F4O2/c15-13(16)14(17,18)10-20-12-7-5-11(6-8-12)4-2-1-3-9-19/h1-8,13,19H,9-10H2/b3-1+,4-2+. The lowest BCUT2D eigenvalue weighted by atomic mass is 10.2. The van der Waals surface area contributed by atoms with Crippen molar-refractivity contribution in [2.75, 3.05) is 13.2 Å². The van der Waals surface area contributed by atoms with Crippen molar-refractivity contribution in [2.24, 2.45) is 0 Å². The number of hydrogen-bond donors (Lipinski definition) is 1. The van der Waals surface area contributed by atoms with Gasteiger partial charge in [0, 0.05) is 0 Å². The number of alkyl halides is 4. The summed E-state index contributed by atoms with van der Waals surface area (Å²) in [6.45, 7) is -1.42. The van der Waals surface area contributed by atoms with Gasteiger partial charge in [-0.1, -0.05) is 36.4 Å². The monoisotopic (exact) mass is 290 g/mol. The molecule has 0 unspecified atom stereocenters. The average molecular weight is 290 g/mol. The van der Waals surface area contributed by atoms with Crippen molar-refractivity contribution in [3.05, 3.63) is 48.1 Å². The summed E-state index contributed by atoms with van der Waals surface area (Å²) in [6.07, 6.45) is 2.86. The van der Waals surface area contributed by atoms with Crippen LogP contribution in [0.1, 0.15) is 5.56 Å². The lowest BCUT2D eigenvalue weighted by molar-refractivity contribution is -0.148. The van der Waals surface area contributed by atoms with Crippen molar-refractivity contribution < 1.29 is 27.4 Å². The third-order valence-electron chi connectivity index (χ3n) is 2.27. The van der Waals surface area contributed by atoms with Crippen LogP contribution in [0.2, 0.25) is 0 Å². The first-order chi connectivity index (χ1) is 9.45. The van der Waals surface area contributed by atoms with Crippen molar-refractivity contribution in [1.29, 1.82) is 0 Å². The predicted octanol–water partition coefficient (Wildman–Crippen LogP) is 3.53. The van der Waals surface area contributed by atoms with Crippen LogP contribution in [0.15, 0.2) is 42.5 Å². The molecule has 0 amide bonds. The van der Waals surface area contributed by atoms with E-state index in [9.17, 15) is 17.6 Å². The summed E-state index contributed by atoms with van der Waals surface area (Å²) in [5.74, 6) is -4.07. The Labute approximate surface area is 114 Å². The van der Waals surface area contributed by atoms with Gasteiger partial charge in [-0.25, -0.2) is 8.78 Å². The SMILES string of the molecule is OC/C=C/C=C/c1ccc(OCC(F)(F)C(F)F)cc1. The second kappa shape index (κ2) is 7.69. The van der Waals surface area contributed by atoms with Gasteiger partial charge in [0.15, 0.2) is 6.61 Å². The van der Waals surface area contributed by atoms with E-state index < -0.39 is 19.0 Å². The molecule has 2 nitrogen and oxygen atoms in total. The largest absolute Gasteiger partial charge is 0.487 e. The number of aliphatic hydroxyl groups is 1. The molecule has 0 saturated heterocycles. The van der Waals surface area contributed by atoms with Crippen LogP contribution in [0, 0.1) is 0 Å². The molecule has 0 saturated carbocycles. The zero-order valence-electron chi connectivity index (χ0n) is 10.5. The van der Waals surface area contributed by atoms with Gasteiger partial charge in [-0.2, -0.15) is 8.78 Å². The fraction of sp³-hybridized carbons (Fsp3) is 0.286. The quantitative estimate of drug-likeness (QED) is 0.615. The number of benzene rings is 1. The number of rotatable bonds is 7. The molecule has 0 heterocycles. The normalized spacial score (nSPS) is 12.7. The zero-order valence-corrected chi connectivity index (χ0v) is 10.5. The number of allylic oxidation sites excluding steroid dienone is 2. The summed E-state index contributed by atoms with van der Waals surface area (Å²) in [6, 6.07) is 6.02. The summed E-state index contributed by atoms with van der Waals surface area (Å²) < 4.78 is 53.7. The van der Waals surface area contributed by atoms with Crippen molar-refractivity contribution in [1.82, 2.24) is 0 Å². The van der Waals surface area contributed by atoms with Gasteiger partial charge in [0.05, 0.1) is 6.61 Å². The van der Waals surface area contributed by atoms with Gasteiger partial charge in [0.1, 0.15) is 5.75 Å². The second-order valence-electron chi connectivity index (χ2n) is 3.89. The van der Waals surface area contributed by atoms with Crippen LogP contribution < -0.4 is 4.74 Å². The molecule has 1 N–H and O–H groups in total. The van der Waals surface area contributed by atoms with E-state index in [1.165, 1.54) is 12.1 Å². The fourth-order valence-corrected chi connectivity index (χ4v) is 1.22. The molecule has 0 spiro atoms. The van der Waals surface area contributed by atoms with Gasteiger partial charge < -0.3 is 9.84 Å². The number of ether oxygens (including phenoxy) is 1. The maximum atomic E-state index is 12.6. The highest BCUT2D eigenvalue weighted by molar-refractivity contribution is 5.52. The van der Waals surface area contributed by atoms with Crippen LogP contribution in [0.3, 0.4) is 0 Å². The van der Waals surface area contributed by atoms with Crippen LogP contribution in [-0.4, -0.2) is 30.7 Å². The summed E-state index contributed by atoms with van der Waals surface area (Å²) >= 11 is 0. The highest BCUT2D eigenvalue weighted by atomic mass is 19.3. The lowest BCUT2D eigenvalue weighted by Gasteiger charge is -2.15. The summed E-state index contributed by atoms with van der Waals surface area (Å²) in [7, 11) is 0. The van der Waals surface area contributed by atoms with Gasteiger partial charge in [0.2, 0.25) is 0 Å². The second-order valence-corrected chi connectivity index (χ2v) is 3.89. The number of aliphatic hydroxyl groups excluding tert-OH is 1. The van der Waals surface area contributed by atoms with E-state index >= 15 is 0 Å². The van der Waals surface area contributed by atoms with E-state index in [-0.39, 0.29) is 12.4 Å². The minimum atomic E-state index is -4.16. The van der Waals surface area contributed by atoms with Crippen LogP contribution in [0.5, 0.6) is 5.75 Å². The first-order valence-electron chi connectivity index (χ1n) is 5.78. The van der Waals surface area contributed by atoms with Crippen LogP contribution in [-0.2, 0) is 0 Å². The first-order valence-corrected chi connectivity index (χ1v) is 5.78. The topological polar surface area (TPSA) is 29.5 Å². The molecule has 110 valence electrons. The molecule has 1 aromatic carbocycles. The Kier molecular flexibility index (Phi) is 6.24. The van der Waals surface area contributed by atoms with E-state index in [2.05, 4.69) is 4.74 Å². The molecule has 20 heavy (non-hydrogen) atoms. The Morgan fingerprint density at radius 2 is 1.80 bits per heavy atom. The number of hydrogen-bond acceptors (Lipinski definition) is 2. The average Bonchev–Trinajstić information content (AvgIpc) is 2.42. The Morgan fingerprint density at radius 1 is 1.15 bits per heavy atom. The molecule has 0 bridgehead atoms. The Morgan fingerprint density at radius 3 is 2.35 bits per heavy atom. The van der Waals surface area contributed by atoms with E-state index in [0.717, 1.165) is 5.56 Å². The van der Waals surface area contributed by atoms with E-state index in [1.807, 2.05) is 0 Å². The van der Waals surface area contributed by atoms with E-state index in [0.29, 0.717) is 0 Å². The van der Waals surface area contributed by atoms with Gasteiger partial charge >= 0.3 is 12.3 Å². The molecule has 1 rings (SSSR count). The third kappa shape index (κ3) is 5.44.